The van der Waals surface area contributed by atoms with Gasteiger partial charge in [0, 0.05) is 21.7 Å². The predicted molar refractivity (Wildman–Crippen MR) is 84.6 cm³/mol. The highest BCUT2D eigenvalue weighted by Gasteiger charge is 2.01. The average molecular weight is 361 g/mol. The van der Waals surface area contributed by atoms with Crippen LogP contribution < -0.4 is 10.1 Å². The maximum absolute atomic E-state index is 6.03. The number of halogens is 3. The summed E-state index contributed by atoms with van der Waals surface area (Å²) in [5.74, 6) is 0.675. The van der Waals surface area contributed by atoms with E-state index in [2.05, 4.69) is 21.2 Å². The Labute approximate surface area is 130 Å². The summed E-state index contributed by atoms with van der Waals surface area (Å²) >= 11 is 15.2. The van der Waals surface area contributed by atoms with Crippen LogP contribution in [0.5, 0.6) is 5.75 Å². The van der Waals surface area contributed by atoms with Crippen LogP contribution in [0.2, 0.25) is 10.0 Å². The average Bonchev–Trinajstić information content (AvgIpc) is 2.40. The number of hydrogen-bond acceptors (Lipinski definition) is 2. The topological polar surface area (TPSA) is 21.3 Å². The Morgan fingerprint density at radius 2 is 1.79 bits per heavy atom. The first-order chi connectivity index (χ1) is 9.15. The van der Waals surface area contributed by atoms with E-state index in [1.165, 1.54) is 0 Å². The summed E-state index contributed by atoms with van der Waals surface area (Å²) in [4.78, 5) is 0. The lowest BCUT2D eigenvalue weighted by atomic mass is 10.3. The van der Waals surface area contributed by atoms with Gasteiger partial charge >= 0.3 is 0 Å². The van der Waals surface area contributed by atoms with Crippen molar-refractivity contribution in [2.45, 2.75) is 0 Å². The van der Waals surface area contributed by atoms with Gasteiger partial charge in [-0.1, -0.05) is 39.1 Å². The smallest absolute Gasteiger partial charge is 0.139 e. The molecule has 2 rings (SSSR count). The molecule has 19 heavy (non-hydrogen) atoms. The molecule has 2 aromatic carbocycles. The van der Waals surface area contributed by atoms with Crippen molar-refractivity contribution in [3.63, 3.8) is 0 Å². The van der Waals surface area contributed by atoms with Crippen LogP contribution >= 0.6 is 39.1 Å². The van der Waals surface area contributed by atoms with Crippen molar-refractivity contribution >= 4 is 44.8 Å². The predicted octanol–water partition coefficient (Wildman–Crippen LogP) is 5.25. The summed E-state index contributed by atoms with van der Waals surface area (Å²) in [5, 5.41) is 4.57. The number of anilines is 1. The van der Waals surface area contributed by atoms with Gasteiger partial charge in [0.25, 0.3) is 0 Å². The standard InChI is InChI=1S/C14H12BrCl2NO/c15-10-1-6-13(17)14(9-10)19-8-7-18-12-4-2-11(16)3-5-12/h1-6,9,18H,7-8H2. The minimum atomic E-state index is 0.527. The van der Waals surface area contributed by atoms with Crippen LogP contribution in [0.25, 0.3) is 0 Å². The summed E-state index contributed by atoms with van der Waals surface area (Å²) in [7, 11) is 0. The quantitative estimate of drug-likeness (QED) is 0.735. The van der Waals surface area contributed by atoms with Crippen molar-refractivity contribution in [2.75, 3.05) is 18.5 Å². The molecule has 5 heteroatoms. The number of hydrogen-bond donors (Lipinski definition) is 1. The number of nitrogens with one attached hydrogen (secondary N) is 1. The van der Waals surface area contributed by atoms with E-state index in [0.717, 1.165) is 15.2 Å². The summed E-state index contributed by atoms with van der Waals surface area (Å²) in [6.07, 6.45) is 0. The molecule has 0 atom stereocenters. The Balaban J connectivity index is 1.80. The fourth-order valence-electron chi connectivity index (χ4n) is 1.51. The highest BCUT2D eigenvalue weighted by molar-refractivity contribution is 9.10. The normalized spacial score (nSPS) is 10.3. The van der Waals surface area contributed by atoms with Gasteiger partial charge in [-0.2, -0.15) is 0 Å². The summed E-state index contributed by atoms with van der Waals surface area (Å²) in [6, 6.07) is 13.1. The van der Waals surface area contributed by atoms with Gasteiger partial charge in [0.2, 0.25) is 0 Å². The van der Waals surface area contributed by atoms with Gasteiger partial charge in [0.15, 0.2) is 0 Å². The third-order valence-corrected chi connectivity index (χ3v) is 3.48. The Hall–Kier alpha value is -0.900. The van der Waals surface area contributed by atoms with Gasteiger partial charge < -0.3 is 10.1 Å². The van der Waals surface area contributed by atoms with Crippen LogP contribution in [0.4, 0.5) is 5.69 Å². The molecule has 0 aliphatic rings. The summed E-state index contributed by atoms with van der Waals surface area (Å²) in [6.45, 7) is 1.21. The molecule has 0 fully saturated rings. The molecule has 0 saturated heterocycles. The molecule has 0 spiro atoms. The van der Waals surface area contributed by atoms with Gasteiger partial charge in [-0.25, -0.2) is 0 Å². The van der Waals surface area contributed by atoms with Crippen LogP contribution in [0, 0.1) is 0 Å². The minimum Gasteiger partial charge on any atom is -0.490 e. The Bertz CT molecular complexity index is 546. The maximum Gasteiger partial charge on any atom is 0.139 e. The zero-order valence-corrected chi connectivity index (χ0v) is 13.1. The van der Waals surface area contributed by atoms with E-state index in [4.69, 9.17) is 27.9 Å². The van der Waals surface area contributed by atoms with Gasteiger partial charge in [0.05, 0.1) is 5.02 Å². The Kier molecular flexibility index (Phi) is 5.37. The molecule has 100 valence electrons. The lowest BCUT2D eigenvalue weighted by Crippen LogP contribution is -2.11. The third kappa shape index (κ3) is 4.60. The number of benzene rings is 2. The third-order valence-electron chi connectivity index (χ3n) is 2.43. The summed E-state index contributed by atoms with van der Waals surface area (Å²) in [5.41, 5.74) is 1.01. The molecule has 2 aromatic rings. The molecule has 0 aliphatic heterocycles. The van der Waals surface area contributed by atoms with Gasteiger partial charge in [-0.15, -0.1) is 0 Å². The van der Waals surface area contributed by atoms with Crippen LogP contribution in [-0.4, -0.2) is 13.2 Å². The Morgan fingerprint density at radius 1 is 1.05 bits per heavy atom. The van der Waals surface area contributed by atoms with Gasteiger partial charge in [-0.05, 0) is 42.5 Å². The van der Waals surface area contributed by atoms with Crippen molar-refractivity contribution in [1.29, 1.82) is 0 Å². The number of rotatable bonds is 5. The molecule has 0 unspecified atom stereocenters. The highest BCUT2D eigenvalue weighted by Crippen LogP contribution is 2.27. The van der Waals surface area contributed by atoms with Crippen molar-refractivity contribution in [3.05, 3.63) is 57.0 Å². The number of ether oxygens (including phenoxy) is 1. The fourth-order valence-corrected chi connectivity index (χ4v) is 2.15. The first-order valence-electron chi connectivity index (χ1n) is 5.72. The Morgan fingerprint density at radius 3 is 2.53 bits per heavy atom. The largest absolute Gasteiger partial charge is 0.490 e. The highest BCUT2D eigenvalue weighted by atomic mass is 79.9. The minimum absolute atomic E-state index is 0.527. The second-order valence-electron chi connectivity index (χ2n) is 3.86. The molecule has 0 aromatic heterocycles. The van der Waals surface area contributed by atoms with E-state index in [1.807, 2.05) is 36.4 Å². The van der Waals surface area contributed by atoms with Crippen molar-refractivity contribution in [3.8, 4) is 5.75 Å². The van der Waals surface area contributed by atoms with Gasteiger partial charge in [-0.3, -0.25) is 0 Å². The molecular formula is C14H12BrCl2NO. The van der Waals surface area contributed by atoms with Crippen LogP contribution in [-0.2, 0) is 0 Å². The van der Waals surface area contributed by atoms with Gasteiger partial charge in [0.1, 0.15) is 12.4 Å². The van der Waals surface area contributed by atoms with Crippen molar-refractivity contribution in [2.24, 2.45) is 0 Å². The molecule has 2 nitrogen and oxygen atoms in total. The second-order valence-corrected chi connectivity index (χ2v) is 5.62. The lowest BCUT2D eigenvalue weighted by molar-refractivity contribution is 0.333. The SMILES string of the molecule is Clc1ccc(NCCOc2cc(Br)ccc2Cl)cc1. The van der Waals surface area contributed by atoms with E-state index >= 15 is 0 Å². The molecule has 0 aliphatic carbocycles. The fraction of sp³-hybridized carbons (Fsp3) is 0.143. The molecule has 0 bridgehead atoms. The van der Waals surface area contributed by atoms with Crippen LogP contribution in [0.15, 0.2) is 46.9 Å². The van der Waals surface area contributed by atoms with E-state index in [1.54, 1.807) is 6.07 Å². The van der Waals surface area contributed by atoms with E-state index in [-0.39, 0.29) is 0 Å². The van der Waals surface area contributed by atoms with Crippen molar-refractivity contribution < 1.29 is 4.74 Å². The van der Waals surface area contributed by atoms with E-state index in [0.29, 0.717) is 23.9 Å². The van der Waals surface area contributed by atoms with Crippen molar-refractivity contribution in [1.82, 2.24) is 0 Å². The second kappa shape index (κ2) is 7.04. The van der Waals surface area contributed by atoms with Crippen LogP contribution in [0.3, 0.4) is 0 Å². The first-order valence-corrected chi connectivity index (χ1v) is 7.27. The molecule has 0 heterocycles. The zero-order valence-electron chi connectivity index (χ0n) is 10.00. The molecule has 0 amide bonds. The molecule has 0 radical (unpaired) electrons. The first kappa shape index (κ1) is 14.5. The molecule has 0 saturated carbocycles. The summed E-state index contributed by atoms with van der Waals surface area (Å²) < 4.78 is 6.55. The maximum atomic E-state index is 6.03. The van der Waals surface area contributed by atoms with Crippen LogP contribution in [0.1, 0.15) is 0 Å². The molecule has 1 N–H and O–H groups in total. The lowest BCUT2D eigenvalue weighted by Gasteiger charge is -2.10. The van der Waals surface area contributed by atoms with E-state index < -0.39 is 0 Å². The zero-order chi connectivity index (χ0) is 13.7. The van der Waals surface area contributed by atoms with E-state index in [9.17, 15) is 0 Å². The monoisotopic (exact) mass is 359 g/mol. The molecular weight excluding hydrogens is 349 g/mol.